The number of fused-ring (bicyclic) bond motifs is 1. The second-order valence-corrected chi connectivity index (χ2v) is 7.60. The van der Waals surface area contributed by atoms with Gasteiger partial charge in [-0.25, -0.2) is 0 Å². The molecule has 2 aliphatic heterocycles. The lowest BCUT2D eigenvalue weighted by atomic mass is 9.91. The average Bonchev–Trinajstić information content (AvgIpc) is 2.64. The van der Waals surface area contributed by atoms with Crippen molar-refractivity contribution >= 4 is 35.7 Å². The van der Waals surface area contributed by atoms with Crippen LogP contribution < -0.4 is 20.3 Å². The van der Waals surface area contributed by atoms with Gasteiger partial charge in [-0.1, -0.05) is 24.9 Å². The third-order valence-corrected chi connectivity index (χ3v) is 5.59. The Labute approximate surface area is 171 Å². The first kappa shape index (κ1) is 21.9. The highest BCUT2D eigenvalue weighted by Crippen LogP contribution is 2.44. The Morgan fingerprint density at radius 2 is 2.07 bits per heavy atom. The molecular weight excluding hydrogens is 391 g/mol. The van der Waals surface area contributed by atoms with E-state index in [1.54, 1.807) is 0 Å². The highest BCUT2D eigenvalue weighted by Gasteiger charge is 2.30. The van der Waals surface area contributed by atoms with E-state index in [1.807, 2.05) is 0 Å². The molecule has 1 aromatic carbocycles. The van der Waals surface area contributed by atoms with Crippen LogP contribution in [-0.4, -0.2) is 43.2 Å². The Hall–Kier alpha value is -1.37. The Kier molecular flexibility index (Phi) is 7.89. The highest BCUT2D eigenvalue weighted by molar-refractivity contribution is 6.34. The summed E-state index contributed by atoms with van der Waals surface area (Å²) in [4.78, 5) is 13.8. The zero-order valence-corrected chi connectivity index (χ0v) is 17.1. The van der Waals surface area contributed by atoms with Gasteiger partial charge >= 0.3 is 0 Å². The zero-order chi connectivity index (χ0) is 18.7. The number of carboxylic acid groups (broad SMARTS) is 1. The summed E-state index contributed by atoms with van der Waals surface area (Å²) in [7, 11) is 0. The van der Waals surface area contributed by atoms with E-state index in [4.69, 9.17) is 26.8 Å². The fourth-order valence-electron chi connectivity index (χ4n) is 3.73. The summed E-state index contributed by atoms with van der Waals surface area (Å²) in [6.45, 7) is 5.95. The first-order valence-electron chi connectivity index (χ1n) is 9.34. The van der Waals surface area contributed by atoms with Gasteiger partial charge in [0.25, 0.3) is 0 Å². The van der Waals surface area contributed by atoms with Crippen LogP contribution in [0.15, 0.2) is 6.07 Å². The van der Waals surface area contributed by atoms with Gasteiger partial charge < -0.3 is 30.0 Å². The van der Waals surface area contributed by atoms with Gasteiger partial charge in [0.2, 0.25) is 0 Å². The molecule has 0 radical (unpaired) electrons. The van der Waals surface area contributed by atoms with Crippen molar-refractivity contribution in [3.8, 4) is 11.5 Å². The van der Waals surface area contributed by atoms with Crippen LogP contribution in [0, 0.1) is 5.92 Å². The first-order chi connectivity index (χ1) is 12.5. The molecule has 1 atom stereocenters. The molecule has 0 aliphatic carbocycles. The second kappa shape index (κ2) is 9.71. The number of rotatable bonds is 6. The van der Waals surface area contributed by atoms with Crippen LogP contribution in [0.2, 0.25) is 5.02 Å². The van der Waals surface area contributed by atoms with Crippen LogP contribution in [0.1, 0.15) is 49.4 Å². The summed E-state index contributed by atoms with van der Waals surface area (Å²) in [6, 6.07) is 1.25. The van der Waals surface area contributed by atoms with Crippen molar-refractivity contribution in [2.75, 3.05) is 32.0 Å². The van der Waals surface area contributed by atoms with Gasteiger partial charge in [-0.15, -0.1) is 12.4 Å². The summed E-state index contributed by atoms with van der Waals surface area (Å²) in [5.41, 5.74) is 6.07. The van der Waals surface area contributed by atoms with E-state index < -0.39 is 5.97 Å². The SMILES string of the molecule is CCCCN1CCC(CC2COc3c(C(=O)[O-])cc(Cl)c(N)c3O2)CC1.Cl. The smallest absolute Gasteiger partial charge is 0.186 e. The maximum Gasteiger partial charge on any atom is 0.186 e. The van der Waals surface area contributed by atoms with E-state index in [-0.39, 0.29) is 46.3 Å². The molecule has 1 unspecified atom stereocenters. The molecule has 27 heavy (non-hydrogen) atoms. The minimum Gasteiger partial charge on any atom is -0.545 e. The fourth-order valence-corrected chi connectivity index (χ4v) is 3.92. The van der Waals surface area contributed by atoms with Crippen LogP contribution in [0.5, 0.6) is 11.5 Å². The van der Waals surface area contributed by atoms with E-state index in [1.165, 1.54) is 25.5 Å². The molecule has 2 aliphatic rings. The maximum atomic E-state index is 11.3. The molecule has 152 valence electrons. The quantitative estimate of drug-likeness (QED) is 0.715. The van der Waals surface area contributed by atoms with Crippen LogP contribution in [-0.2, 0) is 0 Å². The zero-order valence-electron chi connectivity index (χ0n) is 15.5. The van der Waals surface area contributed by atoms with Crippen molar-refractivity contribution in [2.45, 2.75) is 45.1 Å². The lowest BCUT2D eigenvalue weighted by Crippen LogP contribution is -2.38. The van der Waals surface area contributed by atoms with E-state index >= 15 is 0 Å². The molecule has 1 fully saturated rings. The molecule has 8 heteroatoms. The van der Waals surface area contributed by atoms with Crippen LogP contribution >= 0.6 is 24.0 Å². The molecule has 0 aromatic heterocycles. The molecule has 0 amide bonds. The van der Waals surface area contributed by atoms with Gasteiger partial charge in [0.05, 0.1) is 16.7 Å². The molecule has 0 saturated carbocycles. The molecule has 0 spiro atoms. The number of hydrogen-bond acceptors (Lipinski definition) is 6. The van der Waals surface area contributed by atoms with E-state index in [9.17, 15) is 9.90 Å². The Balaban J connectivity index is 0.00000261. The van der Waals surface area contributed by atoms with Crippen molar-refractivity contribution in [3.05, 3.63) is 16.7 Å². The van der Waals surface area contributed by atoms with E-state index in [0.717, 1.165) is 32.4 Å². The number of halogens is 2. The van der Waals surface area contributed by atoms with Crippen molar-refractivity contribution in [1.82, 2.24) is 4.90 Å². The van der Waals surface area contributed by atoms with Crippen LogP contribution in [0.3, 0.4) is 0 Å². The number of ether oxygens (including phenoxy) is 2. The molecule has 6 nitrogen and oxygen atoms in total. The van der Waals surface area contributed by atoms with Crippen molar-refractivity contribution < 1.29 is 19.4 Å². The van der Waals surface area contributed by atoms with Crippen molar-refractivity contribution in [3.63, 3.8) is 0 Å². The maximum absolute atomic E-state index is 11.3. The van der Waals surface area contributed by atoms with Gasteiger partial charge in [0, 0.05) is 5.56 Å². The number of nitrogen functional groups attached to an aromatic ring is 1. The van der Waals surface area contributed by atoms with Gasteiger partial charge in [-0.2, -0.15) is 0 Å². The van der Waals surface area contributed by atoms with Crippen LogP contribution in [0.25, 0.3) is 0 Å². The number of nitrogens with two attached hydrogens (primary N) is 1. The summed E-state index contributed by atoms with van der Waals surface area (Å²) >= 11 is 6.03. The lowest BCUT2D eigenvalue weighted by Gasteiger charge is -2.35. The average molecular weight is 418 g/mol. The summed E-state index contributed by atoms with van der Waals surface area (Å²) < 4.78 is 11.7. The number of carboxylic acids is 1. The Morgan fingerprint density at radius 3 is 2.70 bits per heavy atom. The molecular formula is C19H27Cl2N2O4-. The lowest BCUT2D eigenvalue weighted by molar-refractivity contribution is -0.255. The summed E-state index contributed by atoms with van der Waals surface area (Å²) in [6.07, 6.45) is 5.49. The second-order valence-electron chi connectivity index (χ2n) is 7.19. The molecule has 2 N–H and O–H groups in total. The van der Waals surface area contributed by atoms with Gasteiger partial charge in [-0.3, -0.25) is 0 Å². The number of aromatic carboxylic acids is 1. The highest BCUT2D eigenvalue weighted by atomic mass is 35.5. The summed E-state index contributed by atoms with van der Waals surface area (Å²) in [5.74, 6) is -0.431. The number of hydrogen-bond donors (Lipinski definition) is 1. The number of likely N-dealkylation sites (tertiary alicyclic amines) is 1. The molecule has 1 aromatic rings. The van der Waals surface area contributed by atoms with Crippen LogP contribution in [0.4, 0.5) is 5.69 Å². The third-order valence-electron chi connectivity index (χ3n) is 5.27. The molecule has 1 saturated heterocycles. The number of carbonyl (C=O) groups excluding carboxylic acids is 1. The van der Waals surface area contributed by atoms with Crippen molar-refractivity contribution in [1.29, 1.82) is 0 Å². The predicted octanol–water partition coefficient (Wildman–Crippen LogP) is 2.75. The molecule has 0 bridgehead atoms. The number of benzene rings is 1. The largest absolute Gasteiger partial charge is 0.545 e. The van der Waals surface area contributed by atoms with Crippen molar-refractivity contribution in [2.24, 2.45) is 5.92 Å². The Bertz CT molecular complexity index is 664. The standard InChI is InChI=1S/C19H27ClN2O4.ClH/c1-2-3-6-22-7-4-12(5-8-22)9-13-11-25-17-14(19(23)24)10-15(20)16(21)18(17)26-13;/h10,12-13H,2-9,11,21H2,1H3,(H,23,24);1H/p-1. The van der Waals surface area contributed by atoms with E-state index in [0.29, 0.717) is 12.5 Å². The fraction of sp³-hybridized carbons (Fsp3) is 0.632. The van der Waals surface area contributed by atoms with Gasteiger partial charge in [-0.05, 0) is 57.3 Å². The number of unbranched alkanes of at least 4 members (excludes halogenated alkanes) is 1. The van der Waals surface area contributed by atoms with Gasteiger partial charge in [0.15, 0.2) is 11.5 Å². The predicted molar refractivity (Wildman–Crippen MR) is 106 cm³/mol. The number of anilines is 1. The summed E-state index contributed by atoms with van der Waals surface area (Å²) in [5, 5.41) is 11.4. The Morgan fingerprint density at radius 1 is 1.37 bits per heavy atom. The number of carbonyl (C=O) groups is 1. The minimum atomic E-state index is -1.36. The molecule has 3 rings (SSSR count). The minimum absolute atomic E-state index is 0. The molecule has 2 heterocycles. The topological polar surface area (TPSA) is 87.8 Å². The first-order valence-corrected chi connectivity index (χ1v) is 9.72. The van der Waals surface area contributed by atoms with E-state index in [2.05, 4.69) is 11.8 Å². The number of nitrogens with zero attached hydrogens (tertiary/aromatic N) is 1. The normalized spacial score (nSPS) is 20.1. The monoisotopic (exact) mass is 417 g/mol. The third kappa shape index (κ3) is 5.12. The van der Waals surface area contributed by atoms with Gasteiger partial charge in [0.1, 0.15) is 12.7 Å². The number of piperidine rings is 1.